The first-order valence-electron chi connectivity index (χ1n) is 5.81. The Morgan fingerprint density at radius 1 is 1.20 bits per heavy atom. The summed E-state index contributed by atoms with van der Waals surface area (Å²) in [6, 6.07) is 0.255. The zero-order chi connectivity index (χ0) is 10.9. The van der Waals surface area contributed by atoms with Gasteiger partial charge in [0.15, 0.2) is 0 Å². The topological polar surface area (TPSA) is 72.2 Å². The van der Waals surface area contributed by atoms with E-state index in [4.69, 9.17) is 5.73 Å². The second kappa shape index (κ2) is 4.39. The molecule has 0 aromatic carbocycles. The maximum Gasteiger partial charge on any atom is 0.212 e. The molecule has 0 bridgehead atoms. The molecule has 0 aliphatic heterocycles. The number of hydrogen-bond donors (Lipinski definition) is 2. The fourth-order valence-electron chi connectivity index (χ4n) is 2.23. The number of rotatable bonds is 4. The molecule has 3 N–H and O–H groups in total. The lowest BCUT2D eigenvalue weighted by atomic mass is 9.92. The van der Waals surface area contributed by atoms with Gasteiger partial charge in [0.2, 0.25) is 10.0 Å². The van der Waals surface area contributed by atoms with Gasteiger partial charge in [-0.25, -0.2) is 13.1 Å². The van der Waals surface area contributed by atoms with Gasteiger partial charge in [0, 0.05) is 12.1 Å². The van der Waals surface area contributed by atoms with Crippen LogP contribution in [-0.2, 0) is 10.0 Å². The maximum atomic E-state index is 11.7. The molecule has 88 valence electrons. The van der Waals surface area contributed by atoms with Crippen LogP contribution in [0.5, 0.6) is 0 Å². The van der Waals surface area contributed by atoms with Crippen molar-refractivity contribution in [3.8, 4) is 0 Å². The summed E-state index contributed by atoms with van der Waals surface area (Å²) in [4.78, 5) is 0. The van der Waals surface area contributed by atoms with Crippen LogP contribution >= 0.6 is 0 Å². The third-order valence-electron chi connectivity index (χ3n) is 3.21. The van der Waals surface area contributed by atoms with Crippen molar-refractivity contribution in [1.82, 2.24) is 4.72 Å². The number of sulfonamides is 1. The molecule has 0 radical (unpaired) electrons. The number of nitrogens with two attached hydrogens (primary N) is 1. The van der Waals surface area contributed by atoms with Gasteiger partial charge in [0.1, 0.15) is 0 Å². The maximum absolute atomic E-state index is 11.7. The van der Waals surface area contributed by atoms with Crippen LogP contribution in [0.1, 0.15) is 38.5 Å². The van der Waals surface area contributed by atoms with Crippen LogP contribution in [0.3, 0.4) is 0 Å². The van der Waals surface area contributed by atoms with Crippen molar-refractivity contribution >= 4 is 10.0 Å². The molecule has 0 saturated heterocycles. The molecule has 2 unspecified atom stereocenters. The van der Waals surface area contributed by atoms with Crippen LogP contribution in [0.4, 0.5) is 0 Å². The highest BCUT2D eigenvalue weighted by Crippen LogP contribution is 2.30. The number of hydrogen-bond acceptors (Lipinski definition) is 3. The van der Waals surface area contributed by atoms with E-state index in [2.05, 4.69) is 4.72 Å². The molecular weight excluding hydrogens is 212 g/mol. The summed E-state index contributed by atoms with van der Waals surface area (Å²) in [5.41, 5.74) is 5.82. The van der Waals surface area contributed by atoms with E-state index in [-0.39, 0.29) is 12.1 Å². The fraction of sp³-hybridized carbons (Fsp3) is 1.00. The van der Waals surface area contributed by atoms with Crippen molar-refractivity contribution in [2.45, 2.75) is 50.6 Å². The minimum atomic E-state index is -3.05. The normalized spacial score (nSPS) is 32.9. The van der Waals surface area contributed by atoms with Gasteiger partial charge >= 0.3 is 0 Å². The molecule has 5 heteroatoms. The summed E-state index contributed by atoms with van der Waals surface area (Å²) in [7, 11) is -3.05. The van der Waals surface area contributed by atoms with Gasteiger partial charge < -0.3 is 5.73 Å². The van der Waals surface area contributed by atoms with Crippen LogP contribution in [0, 0.1) is 5.92 Å². The molecule has 15 heavy (non-hydrogen) atoms. The van der Waals surface area contributed by atoms with E-state index in [1.54, 1.807) is 0 Å². The van der Waals surface area contributed by atoms with Gasteiger partial charge in [-0.1, -0.05) is 6.42 Å². The minimum Gasteiger partial charge on any atom is -0.328 e. The highest BCUT2D eigenvalue weighted by Gasteiger charge is 2.30. The molecule has 2 saturated carbocycles. The molecule has 2 fully saturated rings. The van der Waals surface area contributed by atoms with E-state index in [9.17, 15) is 8.42 Å². The van der Waals surface area contributed by atoms with E-state index in [1.165, 1.54) is 0 Å². The van der Waals surface area contributed by atoms with Crippen molar-refractivity contribution in [2.24, 2.45) is 11.7 Å². The Hall–Kier alpha value is -0.130. The molecular formula is C10H20N2O2S. The lowest BCUT2D eigenvalue weighted by Crippen LogP contribution is -2.43. The molecule has 2 aliphatic carbocycles. The van der Waals surface area contributed by atoms with Crippen molar-refractivity contribution in [3.63, 3.8) is 0 Å². The molecule has 0 amide bonds. The quantitative estimate of drug-likeness (QED) is 0.745. The second-order valence-electron chi connectivity index (χ2n) is 4.97. The molecule has 2 rings (SSSR count). The molecule has 2 atom stereocenters. The Morgan fingerprint density at radius 2 is 1.93 bits per heavy atom. The summed E-state index contributed by atoms with van der Waals surface area (Å²) in [6.45, 7) is 0. The Balaban J connectivity index is 1.83. The Morgan fingerprint density at radius 3 is 2.53 bits per heavy atom. The summed E-state index contributed by atoms with van der Waals surface area (Å²) in [5.74, 6) is 0.735. The van der Waals surface area contributed by atoms with Gasteiger partial charge in [0.05, 0.1) is 5.75 Å². The monoisotopic (exact) mass is 232 g/mol. The van der Waals surface area contributed by atoms with E-state index in [1.807, 2.05) is 0 Å². The van der Waals surface area contributed by atoms with Crippen LogP contribution < -0.4 is 10.5 Å². The average Bonchev–Trinajstić information content (AvgIpc) is 2.86. The lowest BCUT2D eigenvalue weighted by molar-refractivity contribution is 0.371. The standard InChI is InChI=1S/C10H20N2O2S/c11-9-2-1-3-10(6-9)12-15(13,14)7-8-4-5-8/h8-10,12H,1-7,11H2. The zero-order valence-corrected chi connectivity index (χ0v) is 9.80. The van der Waals surface area contributed by atoms with Crippen molar-refractivity contribution in [2.75, 3.05) is 5.75 Å². The average molecular weight is 232 g/mol. The van der Waals surface area contributed by atoms with Crippen molar-refractivity contribution < 1.29 is 8.42 Å². The van der Waals surface area contributed by atoms with E-state index >= 15 is 0 Å². The van der Waals surface area contributed by atoms with Gasteiger partial charge in [-0.3, -0.25) is 0 Å². The molecule has 0 aromatic rings. The first-order chi connectivity index (χ1) is 7.05. The smallest absolute Gasteiger partial charge is 0.212 e. The van der Waals surface area contributed by atoms with Gasteiger partial charge in [-0.15, -0.1) is 0 Å². The summed E-state index contributed by atoms with van der Waals surface area (Å²) < 4.78 is 26.2. The highest BCUT2D eigenvalue weighted by molar-refractivity contribution is 7.89. The molecule has 0 spiro atoms. The molecule has 0 aromatic heterocycles. The van der Waals surface area contributed by atoms with Crippen LogP contribution in [0.15, 0.2) is 0 Å². The molecule has 4 nitrogen and oxygen atoms in total. The van der Waals surface area contributed by atoms with Gasteiger partial charge in [-0.05, 0) is 38.0 Å². The highest BCUT2D eigenvalue weighted by atomic mass is 32.2. The predicted molar refractivity (Wildman–Crippen MR) is 59.9 cm³/mol. The lowest BCUT2D eigenvalue weighted by Gasteiger charge is -2.27. The summed E-state index contributed by atoms with van der Waals surface area (Å²) in [5, 5.41) is 0. The zero-order valence-electron chi connectivity index (χ0n) is 8.98. The third kappa shape index (κ3) is 3.74. The van der Waals surface area contributed by atoms with Crippen LogP contribution in [-0.4, -0.2) is 26.3 Å². The van der Waals surface area contributed by atoms with Crippen LogP contribution in [0.25, 0.3) is 0 Å². The Labute approximate surface area is 91.7 Å². The Bertz CT molecular complexity index is 311. The largest absolute Gasteiger partial charge is 0.328 e. The Kier molecular flexibility index (Phi) is 3.33. The SMILES string of the molecule is NC1CCCC(NS(=O)(=O)CC2CC2)C1. The molecule has 2 aliphatic rings. The van der Waals surface area contributed by atoms with E-state index < -0.39 is 10.0 Å². The predicted octanol–water partition coefficient (Wildman–Crippen LogP) is 0.586. The molecule has 0 heterocycles. The second-order valence-corrected chi connectivity index (χ2v) is 6.76. The number of nitrogens with one attached hydrogen (secondary N) is 1. The van der Waals surface area contributed by atoms with Crippen molar-refractivity contribution in [3.05, 3.63) is 0 Å². The van der Waals surface area contributed by atoms with Gasteiger partial charge in [0.25, 0.3) is 0 Å². The van der Waals surface area contributed by atoms with Gasteiger partial charge in [-0.2, -0.15) is 0 Å². The summed E-state index contributed by atoms with van der Waals surface area (Å²) in [6.07, 6.45) is 5.95. The van der Waals surface area contributed by atoms with E-state index in [0.29, 0.717) is 11.7 Å². The first-order valence-corrected chi connectivity index (χ1v) is 7.46. The first kappa shape index (κ1) is 11.4. The van der Waals surface area contributed by atoms with Crippen LogP contribution in [0.2, 0.25) is 0 Å². The van der Waals surface area contributed by atoms with Crippen molar-refractivity contribution in [1.29, 1.82) is 0 Å². The fourth-order valence-corrected chi connectivity index (χ4v) is 4.00. The summed E-state index contributed by atoms with van der Waals surface area (Å²) >= 11 is 0. The third-order valence-corrected chi connectivity index (χ3v) is 4.82. The minimum absolute atomic E-state index is 0.0810. The van der Waals surface area contributed by atoms with E-state index in [0.717, 1.165) is 38.5 Å².